The summed E-state index contributed by atoms with van der Waals surface area (Å²) in [5, 5.41) is 34.7. The van der Waals surface area contributed by atoms with Crippen LogP contribution in [0.1, 0.15) is 21.3 Å². The van der Waals surface area contributed by atoms with Gasteiger partial charge in [-0.25, -0.2) is 14.5 Å². The quantitative estimate of drug-likeness (QED) is 0.128. The second-order valence-corrected chi connectivity index (χ2v) is 13.7. The predicted molar refractivity (Wildman–Crippen MR) is 167 cm³/mol. The summed E-state index contributed by atoms with van der Waals surface area (Å²) in [7, 11) is 1.65. The molecule has 2 aliphatic rings. The Hall–Kier alpha value is -1.06. The molecule has 2 saturated heterocycles. The van der Waals surface area contributed by atoms with Gasteiger partial charge in [-0.1, -0.05) is 23.4 Å². The first-order valence-electron chi connectivity index (χ1n) is 11.7. The number of fused-ring (bicyclic) bond motifs is 1. The fourth-order valence-electron chi connectivity index (χ4n) is 4.25. The number of nitrogens with zero attached hydrogens (tertiary/aromatic N) is 6. The van der Waals surface area contributed by atoms with Gasteiger partial charge in [-0.05, 0) is 28.6 Å². The van der Waals surface area contributed by atoms with Crippen LogP contribution >= 0.6 is 58.2 Å². The van der Waals surface area contributed by atoms with Gasteiger partial charge in [0.2, 0.25) is 17.0 Å². The molecule has 14 nitrogen and oxygen atoms in total. The molecule has 0 radical (unpaired) electrons. The van der Waals surface area contributed by atoms with Gasteiger partial charge in [0.25, 0.3) is 0 Å². The molecule has 4 heterocycles. The fourth-order valence-corrected chi connectivity index (χ4v) is 9.02. The number of β-lactam (4-membered cyclic amide) rings is 1. The average Bonchev–Trinajstić information content (AvgIpc) is 3.55. The van der Waals surface area contributed by atoms with E-state index in [-0.39, 0.29) is 97.8 Å². The third kappa shape index (κ3) is 7.67. The van der Waals surface area contributed by atoms with E-state index in [0.29, 0.717) is 10.9 Å². The Balaban J connectivity index is 0.00000253. The predicted octanol–water partition coefficient (Wildman–Crippen LogP) is 0.400. The third-order valence-electron chi connectivity index (χ3n) is 6.42. The number of nitrogens with one attached hydrogen (secondary N) is 1. The van der Waals surface area contributed by atoms with Crippen LogP contribution in [-0.4, -0.2) is 153 Å². The number of nitrogen functional groups attached to an aromatic ring is 1. The van der Waals surface area contributed by atoms with Gasteiger partial charge in [0.05, 0.1) is 11.3 Å². The van der Waals surface area contributed by atoms with E-state index in [1.54, 1.807) is 12.4 Å². The molecule has 1 aromatic carbocycles. The van der Waals surface area contributed by atoms with Crippen LogP contribution in [0.5, 0.6) is 0 Å². The summed E-state index contributed by atoms with van der Waals surface area (Å²) in [6.45, 7) is -0.0330. The number of aliphatic carboxylic acids is 1. The molecule has 2 aliphatic heterocycles. The van der Waals surface area contributed by atoms with E-state index < -0.39 is 45.8 Å². The summed E-state index contributed by atoms with van der Waals surface area (Å²) < 4.78 is 1.44. The molecule has 3 unspecified atom stereocenters. The van der Waals surface area contributed by atoms with Crippen molar-refractivity contribution in [1.29, 1.82) is 0 Å². The number of thioether (sulfide) groups is 3. The molecule has 5 rings (SSSR count). The van der Waals surface area contributed by atoms with E-state index in [9.17, 15) is 29.4 Å². The molecule has 4 atom stereocenters. The topological polar surface area (TPSA) is 207 Å². The number of carboxylic acid groups (broad SMARTS) is 2. The van der Waals surface area contributed by atoms with Crippen LogP contribution in [0.3, 0.4) is 0 Å². The summed E-state index contributed by atoms with van der Waals surface area (Å²) in [5.41, 5.74) is 4.81. The van der Waals surface area contributed by atoms with Crippen molar-refractivity contribution in [2.75, 3.05) is 23.8 Å². The molecule has 43 heavy (non-hydrogen) atoms. The van der Waals surface area contributed by atoms with E-state index in [1.807, 2.05) is 0 Å². The molecule has 0 spiro atoms. The molecule has 2 amide bonds. The van der Waals surface area contributed by atoms with E-state index in [0.717, 1.165) is 23.1 Å². The number of aromatic carboxylic acids is 1. The van der Waals surface area contributed by atoms with Crippen molar-refractivity contribution >= 4 is 146 Å². The van der Waals surface area contributed by atoms with Gasteiger partial charge in [0.1, 0.15) is 22.1 Å². The zero-order valence-electron chi connectivity index (χ0n) is 21.0. The summed E-state index contributed by atoms with van der Waals surface area (Å²) in [4.78, 5) is 56.7. The summed E-state index contributed by atoms with van der Waals surface area (Å²) in [5.74, 6) is -2.88. The van der Waals surface area contributed by atoms with E-state index >= 15 is 0 Å². The molecule has 5 N–H and O–H groups in total. The number of carboxylic acids is 2. The molecular weight excluding hydrogens is 682 g/mol. The number of aromatic nitrogens is 5. The van der Waals surface area contributed by atoms with Gasteiger partial charge in [-0.15, -0.1) is 40.0 Å². The summed E-state index contributed by atoms with van der Waals surface area (Å²) in [6.07, 6.45) is 0. The van der Waals surface area contributed by atoms with E-state index in [2.05, 4.69) is 25.8 Å². The van der Waals surface area contributed by atoms with Crippen LogP contribution in [0.15, 0.2) is 33.6 Å². The zero-order chi connectivity index (χ0) is 29.5. The SMILES string of the molecule is Cn1nnnc1SCC1(C(=O)O)CS[C@@H]2C(NC(=O)C(Sc3cc(Cl)ccc3C(=O)O)c3csc(N)n3)C(=O)N2C1.[NaH].[NaH]. The monoisotopic (exact) mass is 704 g/mol. The van der Waals surface area contributed by atoms with Gasteiger partial charge in [0, 0.05) is 40.4 Å². The normalized spacial score (nSPS) is 21.4. The Morgan fingerprint density at radius 3 is 2.65 bits per heavy atom. The number of amides is 2. The van der Waals surface area contributed by atoms with Crippen molar-refractivity contribution in [1.82, 2.24) is 35.4 Å². The Kier molecular flexibility index (Phi) is 12.7. The van der Waals surface area contributed by atoms with Gasteiger partial charge in [-0.3, -0.25) is 14.4 Å². The number of aryl methyl sites for hydroxylation is 1. The first-order chi connectivity index (χ1) is 19.5. The van der Waals surface area contributed by atoms with Crippen molar-refractivity contribution in [3.05, 3.63) is 39.9 Å². The van der Waals surface area contributed by atoms with Crippen LogP contribution in [0.25, 0.3) is 0 Å². The summed E-state index contributed by atoms with van der Waals surface area (Å²) in [6, 6.07) is 3.33. The summed E-state index contributed by atoms with van der Waals surface area (Å²) >= 11 is 10.6. The van der Waals surface area contributed by atoms with E-state index in [1.165, 1.54) is 51.3 Å². The number of carbonyl (C=O) groups is 4. The Labute approximate surface area is 310 Å². The van der Waals surface area contributed by atoms with Gasteiger partial charge >= 0.3 is 71.1 Å². The van der Waals surface area contributed by atoms with Crippen LogP contribution in [0, 0.1) is 5.41 Å². The minimum atomic E-state index is -1.24. The van der Waals surface area contributed by atoms with Crippen LogP contribution < -0.4 is 11.1 Å². The number of thiazole rings is 1. The maximum absolute atomic E-state index is 13.6. The van der Waals surface area contributed by atoms with Crippen LogP contribution in [0.2, 0.25) is 5.02 Å². The van der Waals surface area contributed by atoms with Crippen molar-refractivity contribution in [3.8, 4) is 0 Å². The first kappa shape index (κ1) is 36.4. The Bertz CT molecular complexity index is 1550. The van der Waals surface area contributed by atoms with Crippen molar-refractivity contribution in [2.45, 2.75) is 26.7 Å². The Morgan fingerprint density at radius 2 is 2.05 bits per heavy atom. The average molecular weight is 705 g/mol. The number of rotatable bonds is 10. The Morgan fingerprint density at radius 1 is 1.30 bits per heavy atom. The molecule has 2 aromatic heterocycles. The minimum absolute atomic E-state index is 0. The molecule has 0 bridgehead atoms. The van der Waals surface area contributed by atoms with Crippen LogP contribution in [0.4, 0.5) is 5.13 Å². The maximum atomic E-state index is 13.6. The first-order valence-corrected chi connectivity index (χ1v) is 15.9. The van der Waals surface area contributed by atoms with Gasteiger partial charge in [0.15, 0.2) is 5.13 Å². The van der Waals surface area contributed by atoms with Crippen LogP contribution in [-0.2, 0) is 21.4 Å². The van der Waals surface area contributed by atoms with Crippen molar-refractivity contribution in [3.63, 3.8) is 0 Å². The second kappa shape index (κ2) is 15.0. The molecule has 0 aliphatic carbocycles. The number of anilines is 1. The molecule has 220 valence electrons. The number of tetrazole rings is 1. The zero-order valence-corrected chi connectivity index (χ0v) is 25.0. The number of hydrogen-bond donors (Lipinski definition) is 4. The molecular formula is C22H23ClN8Na2O6S4. The van der Waals surface area contributed by atoms with Crippen molar-refractivity contribution in [2.24, 2.45) is 12.5 Å². The standard InChI is InChI=1S/C22H21ClN8O6S4.2Na.2H/c1-30-21(27-28-29-30)40-8-22(19(36)37)6-31-16(33)13(17(31)39-7-22)26-15(32)14(11-5-38-20(24)25-11)41-12-4-9(23)2-3-10(12)18(34)35;;;;/h2-5,13-14,17H,6-8H2,1H3,(H2,24,25)(H,26,32)(H,34,35)(H,36,37);;;;/t13?,14?,17-,22?;;;;/m1..../s1. The molecule has 3 aromatic rings. The second-order valence-electron chi connectivity index (χ2n) is 9.17. The molecule has 0 saturated carbocycles. The fraction of sp³-hybridized carbons (Fsp3) is 0.364. The third-order valence-corrected chi connectivity index (χ3v) is 11.5. The van der Waals surface area contributed by atoms with Crippen molar-refractivity contribution < 1.29 is 29.4 Å². The van der Waals surface area contributed by atoms with Gasteiger partial charge in [-0.2, -0.15) is 0 Å². The number of hydrogen-bond acceptors (Lipinski definition) is 13. The molecule has 21 heteroatoms. The number of halogens is 1. The number of nitrogens with two attached hydrogens (primary N) is 1. The number of benzene rings is 1. The van der Waals surface area contributed by atoms with E-state index in [4.69, 9.17) is 17.3 Å². The molecule has 2 fully saturated rings. The number of carbonyl (C=O) groups excluding carboxylic acids is 2. The van der Waals surface area contributed by atoms with Gasteiger partial charge < -0.3 is 26.2 Å².